The molecule has 0 atom stereocenters. The first kappa shape index (κ1) is 12.6. The third-order valence-corrected chi connectivity index (χ3v) is 3.12. The van der Waals surface area contributed by atoms with Crippen molar-refractivity contribution in [2.24, 2.45) is 0 Å². The highest BCUT2D eigenvalue weighted by atomic mass is 15.0. The van der Waals surface area contributed by atoms with Crippen molar-refractivity contribution >= 4 is 5.82 Å². The highest BCUT2D eigenvalue weighted by Gasteiger charge is 2.10. The molecular formula is C15H19N3. The zero-order valence-corrected chi connectivity index (χ0v) is 11.4. The predicted molar refractivity (Wildman–Crippen MR) is 75.8 cm³/mol. The number of anilines is 1. The Labute approximate surface area is 108 Å². The average molecular weight is 241 g/mol. The molecule has 3 nitrogen and oxygen atoms in total. The molecule has 0 radical (unpaired) electrons. The normalized spacial score (nSPS) is 10.4. The fraction of sp³-hybridized carbons (Fsp3) is 0.333. The number of hydrogen-bond donors (Lipinski definition) is 1. The molecule has 0 saturated carbocycles. The van der Waals surface area contributed by atoms with Crippen LogP contribution < -0.4 is 5.32 Å². The summed E-state index contributed by atoms with van der Waals surface area (Å²) in [5.74, 6) is 1.73. The zero-order chi connectivity index (χ0) is 13.1. The Morgan fingerprint density at radius 2 is 1.78 bits per heavy atom. The topological polar surface area (TPSA) is 37.8 Å². The van der Waals surface area contributed by atoms with Crippen molar-refractivity contribution in [3.05, 3.63) is 41.1 Å². The van der Waals surface area contributed by atoms with Crippen molar-refractivity contribution in [2.75, 3.05) is 11.9 Å². The van der Waals surface area contributed by atoms with Crippen molar-refractivity contribution < 1.29 is 0 Å². The smallest absolute Gasteiger partial charge is 0.162 e. The molecule has 3 heteroatoms. The van der Waals surface area contributed by atoms with Crippen LogP contribution in [0.4, 0.5) is 5.82 Å². The van der Waals surface area contributed by atoms with Crippen molar-refractivity contribution in [1.82, 2.24) is 9.97 Å². The van der Waals surface area contributed by atoms with E-state index in [1.165, 1.54) is 5.56 Å². The van der Waals surface area contributed by atoms with Gasteiger partial charge in [0.25, 0.3) is 0 Å². The standard InChI is InChI=1S/C15H19N3/c1-5-16-14-11(3)12(4)17-15(18-14)13-9-7-6-8-10(13)2/h6-9H,5H2,1-4H3,(H,16,17,18). The van der Waals surface area contributed by atoms with Crippen molar-refractivity contribution in [2.45, 2.75) is 27.7 Å². The van der Waals surface area contributed by atoms with Gasteiger partial charge in [-0.25, -0.2) is 9.97 Å². The third kappa shape index (κ3) is 2.35. The largest absolute Gasteiger partial charge is 0.370 e. The number of aromatic nitrogens is 2. The molecule has 0 spiro atoms. The average Bonchev–Trinajstić information content (AvgIpc) is 2.35. The Hall–Kier alpha value is -1.90. The van der Waals surface area contributed by atoms with Crippen LogP contribution in [0.5, 0.6) is 0 Å². The highest BCUT2D eigenvalue weighted by molar-refractivity contribution is 5.63. The van der Waals surface area contributed by atoms with E-state index in [0.29, 0.717) is 0 Å². The van der Waals surface area contributed by atoms with E-state index in [9.17, 15) is 0 Å². The van der Waals surface area contributed by atoms with E-state index < -0.39 is 0 Å². The molecule has 0 fully saturated rings. The predicted octanol–water partition coefficient (Wildman–Crippen LogP) is 3.50. The summed E-state index contributed by atoms with van der Waals surface area (Å²) in [5, 5.41) is 3.30. The molecule has 0 aliphatic rings. The highest BCUT2D eigenvalue weighted by Crippen LogP contribution is 2.23. The van der Waals surface area contributed by atoms with Crippen LogP contribution >= 0.6 is 0 Å². The molecule has 0 aliphatic heterocycles. The van der Waals surface area contributed by atoms with Gasteiger partial charge in [-0.05, 0) is 33.3 Å². The number of aryl methyl sites for hydroxylation is 2. The van der Waals surface area contributed by atoms with Gasteiger partial charge in [-0.3, -0.25) is 0 Å². The Morgan fingerprint density at radius 3 is 2.44 bits per heavy atom. The summed E-state index contributed by atoms with van der Waals surface area (Å²) < 4.78 is 0. The molecule has 94 valence electrons. The van der Waals surface area contributed by atoms with Crippen LogP contribution in [-0.2, 0) is 0 Å². The molecule has 1 aromatic carbocycles. The lowest BCUT2D eigenvalue weighted by atomic mass is 10.1. The minimum Gasteiger partial charge on any atom is -0.370 e. The van der Waals surface area contributed by atoms with Gasteiger partial charge < -0.3 is 5.32 Å². The van der Waals surface area contributed by atoms with E-state index in [1.54, 1.807) is 0 Å². The maximum Gasteiger partial charge on any atom is 0.162 e. The summed E-state index contributed by atoms with van der Waals surface area (Å²) in [5.41, 5.74) is 4.44. The van der Waals surface area contributed by atoms with Gasteiger partial charge in [0.2, 0.25) is 0 Å². The first-order chi connectivity index (χ1) is 8.63. The first-order valence-corrected chi connectivity index (χ1v) is 6.28. The Bertz CT molecular complexity index is 562. The van der Waals surface area contributed by atoms with Crippen LogP contribution in [0.1, 0.15) is 23.7 Å². The van der Waals surface area contributed by atoms with Gasteiger partial charge in [0.15, 0.2) is 5.82 Å². The Balaban J connectivity index is 2.56. The second-order valence-electron chi connectivity index (χ2n) is 4.45. The van der Waals surface area contributed by atoms with Gasteiger partial charge >= 0.3 is 0 Å². The van der Waals surface area contributed by atoms with E-state index in [-0.39, 0.29) is 0 Å². The zero-order valence-electron chi connectivity index (χ0n) is 11.4. The maximum absolute atomic E-state index is 4.63. The molecule has 1 aromatic heterocycles. The molecule has 2 aromatic rings. The number of rotatable bonds is 3. The van der Waals surface area contributed by atoms with E-state index in [4.69, 9.17) is 0 Å². The van der Waals surface area contributed by atoms with Gasteiger partial charge in [0, 0.05) is 23.4 Å². The van der Waals surface area contributed by atoms with Crippen LogP contribution in [-0.4, -0.2) is 16.5 Å². The Morgan fingerprint density at radius 1 is 1.06 bits per heavy atom. The SMILES string of the molecule is CCNc1nc(-c2ccccc2C)nc(C)c1C. The molecule has 0 unspecified atom stereocenters. The third-order valence-electron chi connectivity index (χ3n) is 3.12. The van der Waals surface area contributed by atoms with Crippen molar-refractivity contribution in [3.8, 4) is 11.4 Å². The van der Waals surface area contributed by atoms with Crippen molar-refractivity contribution in [3.63, 3.8) is 0 Å². The molecule has 0 saturated heterocycles. The van der Waals surface area contributed by atoms with E-state index in [2.05, 4.69) is 48.2 Å². The van der Waals surface area contributed by atoms with Gasteiger partial charge in [0.05, 0.1) is 0 Å². The summed E-state index contributed by atoms with van der Waals surface area (Å²) in [6, 6.07) is 8.20. The summed E-state index contributed by atoms with van der Waals surface area (Å²) in [6.45, 7) is 9.10. The number of benzene rings is 1. The fourth-order valence-electron chi connectivity index (χ4n) is 1.91. The summed E-state index contributed by atoms with van der Waals surface area (Å²) >= 11 is 0. The molecule has 0 aliphatic carbocycles. The van der Waals surface area contributed by atoms with E-state index >= 15 is 0 Å². The monoisotopic (exact) mass is 241 g/mol. The lowest BCUT2D eigenvalue weighted by Gasteiger charge is -2.12. The lowest BCUT2D eigenvalue weighted by molar-refractivity contribution is 1.04. The van der Waals surface area contributed by atoms with Crippen LogP contribution in [0.25, 0.3) is 11.4 Å². The van der Waals surface area contributed by atoms with Gasteiger partial charge in [-0.2, -0.15) is 0 Å². The molecule has 1 heterocycles. The fourth-order valence-corrected chi connectivity index (χ4v) is 1.91. The lowest BCUT2D eigenvalue weighted by Crippen LogP contribution is -2.06. The van der Waals surface area contributed by atoms with Gasteiger partial charge in [0.1, 0.15) is 5.82 Å². The van der Waals surface area contributed by atoms with Crippen LogP contribution in [0, 0.1) is 20.8 Å². The second kappa shape index (κ2) is 5.17. The minimum absolute atomic E-state index is 0.798. The van der Waals surface area contributed by atoms with Gasteiger partial charge in [-0.15, -0.1) is 0 Å². The van der Waals surface area contributed by atoms with Crippen LogP contribution in [0.15, 0.2) is 24.3 Å². The minimum atomic E-state index is 0.798. The van der Waals surface area contributed by atoms with Crippen molar-refractivity contribution in [1.29, 1.82) is 0 Å². The van der Waals surface area contributed by atoms with E-state index in [0.717, 1.165) is 35.0 Å². The van der Waals surface area contributed by atoms with Crippen LogP contribution in [0.3, 0.4) is 0 Å². The summed E-state index contributed by atoms with van der Waals surface area (Å²) in [7, 11) is 0. The molecule has 1 N–H and O–H groups in total. The molecule has 0 amide bonds. The number of nitrogens with zero attached hydrogens (tertiary/aromatic N) is 2. The van der Waals surface area contributed by atoms with Crippen LogP contribution in [0.2, 0.25) is 0 Å². The second-order valence-corrected chi connectivity index (χ2v) is 4.45. The molecule has 18 heavy (non-hydrogen) atoms. The van der Waals surface area contributed by atoms with E-state index in [1.807, 2.05) is 19.1 Å². The first-order valence-electron chi connectivity index (χ1n) is 6.28. The summed E-state index contributed by atoms with van der Waals surface area (Å²) in [6.07, 6.45) is 0. The molecule has 2 rings (SSSR count). The summed E-state index contributed by atoms with van der Waals surface area (Å²) in [4.78, 5) is 9.23. The molecular weight excluding hydrogens is 222 g/mol. The quantitative estimate of drug-likeness (QED) is 0.893. The number of nitrogens with one attached hydrogen (secondary N) is 1. The Kier molecular flexibility index (Phi) is 3.60. The van der Waals surface area contributed by atoms with Gasteiger partial charge in [-0.1, -0.05) is 24.3 Å². The maximum atomic E-state index is 4.63. The number of hydrogen-bond acceptors (Lipinski definition) is 3. The molecule has 0 bridgehead atoms.